The molecule has 0 fully saturated rings. The van der Waals surface area contributed by atoms with Crippen molar-refractivity contribution in [2.75, 3.05) is 19.0 Å². The van der Waals surface area contributed by atoms with Crippen molar-refractivity contribution in [3.63, 3.8) is 0 Å². The van der Waals surface area contributed by atoms with E-state index < -0.39 is 0 Å². The Morgan fingerprint density at radius 3 is 2.57 bits per heavy atom. The maximum Gasteiger partial charge on any atom is 0.261 e. The average molecular weight is 395 g/mol. The number of nitrogens with zero attached hydrogens (tertiary/aromatic N) is 3. The fourth-order valence-electron chi connectivity index (χ4n) is 3.03. The van der Waals surface area contributed by atoms with Gasteiger partial charge in [0.25, 0.3) is 5.91 Å². The zero-order chi connectivity index (χ0) is 19.8. The van der Waals surface area contributed by atoms with Gasteiger partial charge in [-0.15, -0.1) is 11.3 Å². The summed E-state index contributed by atoms with van der Waals surface area (Å²) in [6, 6.07) is 13.9. The summed E-state index contributed by atoms with van der Waals surface area (Å²) in [5.41, 5.74) is 3.04. The van der Waals surface area contributed by atoms with Crippen LogP contribution < -0.4 is 10.2 Å². The third kappa shape index (κ3) is 3.41. The molecule has 0 radical (unpaired) electrons. The van der Waals surface area contributed by atoms with Crippen LogP contribution in [0.4, 0.5) is 5.95 Å². The quantitative estimate of drug-likeness (QED) is 0.548. The Bertz CT molecular complexity index is 1140. The van der Waals surface area contributed by atoms with E-state index in [9.17, 15) is 4.79 Å². The van der Waals surface area contributed by atoms with E-state index in [0.29, 0.717) is 11.4 Å². The third-order valence-corrected chi connectivity index (χ3v) is 5.56. The maximum absolute atomic E-state index is 12.6. The highest BCUT2D eigenvalue weighted by atomic mass is 32.1. The summed E-state index contributed by atoms with van der Waals surface area (Å²) in [4.78, 5) is 20.9. The van der Waals surface area contributed by atoms with E-state index in [1.165, 1.54) is 16.9 Å². The summed E-state index contributed by atoms with van der Waals surface area (Å²) in [7, 11) is 3.94. The topological polar surface area (TPSA) is 63.3 Å². The lowest BCUT2D eigenvalue weighted by Crippen LogP contribution is -2.21. The number of amides is 1. The fraction of sp³-hybridized carbons (Fsp3) is 0.238. The molecule has 4 rings (SSSR count). The molecule has 0 aliphatic carbocycles. The summed E-state index contributed by atoms with van der Waals surface area (Å²) >= 11 is 1.44. The molecule has 4 aromatic rings. The first-order valence-electron chi connectivity index (χ1n) is 9.02. The van der Waals surface area contributed by atoms with Gasteiger partial charge in [-0.3, -0.25) is 9.36 Å². The Morgan fingerprint density at radius 1 is 1.18 bits per heavy atom. The number of anilines is 1. The average Bonchev–Trinajstić information content (AvgIpc) is 3.34. The van der Waals surface area contributed by atoms with Crippen molar-refractivity contribution in [1.29, 1.82) is 0 Å². The van der Waals surface area contributed by atoms with E-state index in [-0.39, 0.29) is 5.91 Å². The van der Waals surface area contributed by atoms with Crippen molar-refractivity contribution < 1.29 is 9.21 Å². The molecule has 0 atom stereocenters. The van der Waals surface area contributed by atoms with Crippen molar-refractivity contribution in [3.05, 3.63) is 64.4 Å². The predicted octanol–water partition coefficient (Wildman–Crippen LogP) is 4.29. The fourth-order valence-corrected chi connectivity index (χ4v) is 4.06. The Labute approximate surface area is 167 Å². The van der Waals surface area contributed by atoms with Crippen molar-refractivity contribution in [2.45, 2.75) is 20.4 Å². The van der Waals surface area contributed by atoms with E-state index in [1.807, 2.05) is 44.1 Å². The van der Waals surface area contributed by atoms with Gasteiger partial charge in [-0.1, -0.05) is 17.7 Å². The van der Waals surface area contributed by atoms with Gasteiger partial charge in [0.05, 0.1) is 11.4 Å². The highest BCUT2D eigenvalue weighted by molar-refractivity contribution is 7.20. The van der Waals surface area contributed by atoms with Crippen LogP contribution in [0.25, 0.3) is 16.0 Å². The van der Waals surface area contributed by atoms with Crippen LogP contribution >= 0.6 is 11.3 Å². The number of furan rings is 1. The second-order valence-electron chi connectivity index (χ2n) is 6.97. The maximum atomic E-state index is 12.6. The first-order valence-corrected chi connectivity index (χ1v) is 9.84. The van der Waals surface area contributed by atoms with Gasteiger partial charge >= 0.3 is 0 Å². The van der Waals surface area contributed by atoms with E-state index in [2.05, 4.69) is 41.1 Å². The molecule has 0 spiro atoms. The van der Waals surface area contributed by atoms with E-state index in [4.69, 9.17) is 9.40 Å². The molecule has 0 aliphatic rings. The van der Waals surface area contributed by atoms with Crippen LogP contribution in [0.2, 0.25) is 0 Å². The molecule has 28 heavy (non-hydrogen) atoms. The van der Waals surface area contributed by atoms with Gasteiger partial charge in [0.2, 0.25) is 5.95 Å². The van der Waals surface area contributed by atoms with Gasteiger partial charge in [0, 0.05) is 19.8 Å². The van der Waals surface area contributed by atoms with Crippen molar-refractivity contribution in [1.82, 2.24) is 14.9 Å². The van der Waals surface area contributed by atoms with Gasteiger partial charge in [-0.2, -0.15) is 0 Å². The lowest BCUT2D eigenvalue weighted by molar-refractivity contribution is 0.0952. The predicted molar refractivity (Wildman–Crippen MR) is 113 cm³/mol. The summed E-state index contributed by atoms with van der Waals surface area (Å²) in [6.07, 6.45) is 0. The molecule has 1 aromatic carbocycles. The number of nitrogens with one attached hydrogen (secondary N) is 1. The molecule has 0 saturated carbocycles. The zero-order valence-corrected chi connectivity index (χ0v) is 17.1. The summed E-state index contributed by atoms with van der Waals surface area (Å²) in [5.74, 6) is 2.28. The van der Waals surface area contributed by atoms with Gasteiger partial charge in [0.15, 0.2) is 0 Å². The Balaban J connectivity index is 1.66. The molecule has 0 aliphatic heterocycles. The number of carbonyl (C=O) groups is 1. The van der Waals surface area contributed by atoms with Crippen LogP contribution in [0, 0.1) is 13.8 Å². The lowest BCUT2D eigenvalue weighted by atomic mass is 10.2. The van der Waals surface area contributed by atoms with Crippen LogP contribution in [0.1, 0.15) is 26.8 Å². The number of thiophene rings is 1. The van der Waals surface area contributed by atoms with Gasteiger partial charge in [0.1, 0.15) is 21.9 Å². The number of aryl methyl sites for hydroxylation is 2. The highest BCUT2D eigenvalue weighted by Crippen LogP contribution is 2.32. The van der Waals surface area contributed by atoms with Gasteiger partial charge in [-0.05, 0) is 44.2 Å². The number of hydrogen-bond donors (Lipinski definition) is 1. The number of carbonyl (C=O) groups excluding carboxylic acids is 1. The monoisotopic (exact) mass is 394 g/mol. The highest BCUT2D eigenvalue weighted by Gasteiger charge is 2.20. The van der Waals surface area contributed by atoms with Gasteiger partial charge in [-0.25, -0.2) is 4.98 Å². The third-order valence-electron chi connectivity index (χ3n) is 4.45. The zero-order valence-electron chi connectivity index (χ0n) is 16.3. The number of hydrogen-bond acceptors (Lipinski definition) is 5. The Hall–Kier alpha value is -3.06. The molecule has 144 valence electrons. The standard InChI is InChI=1S/C21H22N4O2S/c1-13-5-8-15(9-6-13)25-20-17(23-21(25)24(3)4)11-18(28-20)19(26)22-12-16-10-7-14(2)27-16/h5-11H,12H2,1-4H3,(H,22,26). The number of fused-ring (bicyclic) bond motifs is 1. The molecular formula is C21H22N4O2S. The molecule has 1 amide bonds. The van der Waals surface area contributed by atoms with Crippen LogP contribution in [-0.2, 0) is 6.54 Å². The number of aromatic nitrogens is 2. The smallest absolute Gasteiger partial charge is 0.261 e. The van der Waals surface area contributed by atoms with E-state index in [1.54, 1.807) is 0 Å². The number of benzene rings is 1. The van der Waals surface area contributed by atoms with Crippen molar-refractivity contribution in [3.8, 4) is 5.69 Å². The molecular weight excluding hydrogens is 372 g/mol. The summed E-state index contributed by atoms with van der Waals surface area (Å²) in [6.45, 7) is 4.31. The molecule has 3 aromatic heterocycles. The van der Waals surface area contributed by atoms with Crippen molar-refractivity contribution in [2.24, 2.45) is 0 Å². The Morgan fingerprint density at radius 2 is 1.93 bits per heavy atom. The first kappa shape index (κ1) is 18.3. The number of imidazole rings is 1. The summed E-state index contributed by atoms with van der Waals surface area (Å²) in [5, 5.41) is 2.91. The molecule has 7 heteroatoms. The molecule has 0 unspecified atom stereocenters. The van der Waals surface area contributed by atoms with Crippen LogP contribution in [-0.4, -0.2) is 29.6 Å². The van der Waals surface area contributed by atoms with Gasteiger partial charge < -0.3 is 14.6 Å². The van der Waals surface area contributed by atoms with E-state index >= 15 is 0 Å². The lowest BCUT2D eigenvalue weighted by Gasteiger charge is -2.15. The molecule has 0 saturated heterocycles. The molecule has 1 N–H and O–H groups in total. The second kappa shape index (κ2) is 7.16. The Kier molecular flexibility index (Phi) is 4.68. The van der Waals surface area contributed by atoms with Crippen LogP contribution in [0.15, 0.2) is 46.9 Å². The van der Waals surface area contributed by atoms with Crippen molar-refractivity contribution >= 4 is 33.5 Å². The largest absolute Gasteiger partial charge is 0.465 e. The minimum absolute atomic E-state index is 0.126. The van der Waals surface area contributed by atoms with E-state index in [0.717, 1.165) is 33.5 Å². The minimum Gasteiger partial charge on any atom is -0.465 e. The molecule has 6 nitrogen and oxygen atoms in total. The molecule has 0 bridgehead atoms. The van der Waals surface area contributed by atoms with Crippen LogP contribution in [0.5, 0.6) is 0 Å². The van der Waals surface area contributed by atoms with Crippen LogP contribution in [0.3, 0.4) is 0 Å². The summed E-state index contributed by atoms with van der Waals surface area (Å²) < 4.78 is 7.60. The normalized spacial score (nSPS) is 11.1. The minimum atomic E-state index is -0.126. The first-order chi connectivity index (χ1) is 13.4. The number of rotatable bonds is 5. The SMILES string of the molecule is Cc1ccc(-n2c(N(C)C)nc3cc(C(=O)NCc4ccc(C)o4)sc32)cc1. The second-order valence-corrected chi connectivity index (χ2v) is 8.00. The molecule has 3 heterocycles.